The zero-order chi connectivity index (χ0) is 16.4. The van der Waals surface area contributed by atoms with Crippen LogP contribution in [0, 0.1) is 0 Å². The fourth-order valence-electron chi connectivity index (χ4n) is 3.03. The smallest absolute Gasteiger partial charge is 0.136 e. The number of aliphatic hydroxyl groups is 1. The minimum atomic E-state index is -0.0113. The standard InChI is InChI=1S/C18H30N4O/c1-18(2,3)17-19-15(14-5-6-14)13-16(20-17)22-10-8-21(9-11-22)7-4-12-23/h13-14,23H,4-12H2,1-3H3. The molecule has 128 valence electrons. The lowest BCUT2D eigenvalue weighted by atomic mass is 9.95. The molecule has 5 nitrogen and oxygen atoms in total. The summed E-state index contributed by atoms with van der Waals surface area (Å²) in [5, 5.41) is 8.97. The zero-order valence-electron chi connectivity index (χ0n) is 14.8. The molecule has 2 fully saturated rings. The monoisotopic (exact) mass is 318 g/mol. The van der Waals surface area contributed by atoms with Gasteiger partial charge in [-0.1, -0.05) is 20.8 Å². The maximum absolute atomic E-state index is 8.97. The molecule has 0 amide bonds. The van der Waals surface area contributed by atoms with Gasteiger partial charge < -0.3 is 10.0 Å². The average Bonchev–Trinajstić information content (AvgIpc) is 3.37. The molecule has 1 aliphatic heterocycles. The number of rotatable bonds is 5. The molecule has 1 N–H and O–H groups in total. The largest absolute Gasteiger partial charge is 0.396 e. The molecule has 0 unspecified atom stereocenters. The summed E-state index contributed by atoms with van der Waals surface area (Å²) in [7, 11) is 0. The predicted octanol–water partition coefficient (Wildman–Crippen LogP) is 2.16. The van der Waals surface area contributed by atoms with Crippen LogP contribution in [0.2, 0.25) is 0 Å². The highest BCUT2D eigenvalue weighted by atomic mass is 16.3. The van der Waals surface area contributed by atoms with E-state index in [0.717, 1.165) is 50.8 Å². The van der Waals surface area contributed by atoms with E-state index >= 15 is 0 Å². The van der Waals surface area contributed by atoms with Crippen LogP contribution >= 0.6 is 0 Å². The van der Waals surface area contributed by atoms with Gasteiger partial charge in [-0.3, -0.25) is 4.90 Å². The highest BCUT2D eigenvalue weighted by Gasteiger charge is 2.29. The van der Waals surface area contributed by atoms with Crippen molar-refractivity contribution in [2.24, 2.45) is 0 Å². The van der Waals surface area contributed by atoms with E-state index < -0.39 is 0 Å². The van der Waals surface area contributed by atoms with Crippen LogP contribution in [0.4, 0.5) is 5.82 Å². The van der Waals surface area contributed by atoms with Crippen molar-refractivity contribution in [2.45, 2.75) is 51.4 Å². The van der Waals surface area contributed by atoms with E-state index in [0.29, 0.717) is 5.92 Å². The first-order valence-corrected chi connectivity index (χ1v) is 8.95. The lowest BCUT2D eigenvalue weighted by Crippen LogP contribution is -2.47. The first kappa shape index (κ1) is 16.7. The van der Waals surface area contributed by atoms with Gasteiger partial charge in [0.1, 0.15) is 11.6 Å². The molecule has 0 radical (unpaired) electrons. The lowest BCUT2D eigenvalue weighted by molar-refractivity contribution is 0.215. The minimum absolute atomic E-state index is 0.0113. The summed E-state index contributed by atoms with van der Waals surface area (Å²) in [5.74, 6) is 2.73. The predicted molar refractivity (Wildman–Crippen MR) is 93.1 cm³/mol. The SMILES string of the molecule is CC(C)(C)c1nc(C2CC2)cc(N2CCN(CCCO)CC2)n1. The Kier molecular flexibility index (Phi) is 4.87. The van der Waals surface area contributed by atoms with Gasteiger partial charge >= 0.3 is 0 Å². The van der Waals surface area contributed by atoms with Crippen LogP contribution in [0.1, 0.15) is 57.5 Å². The maximum atomic E-state index is 8.97. The Morgan fingerprint density at radius 1 is 1.13 bits per heavy atom. The number of nitrogens with zero attached hydrogens (tertiary/aromatic N) is 4. The molecule has 0 bridgehead atoms. The van der Waals surface area contributed by atoms with Gasteiger partial charge in [0.15, 0.2) is 0 Å². The molecule has 5 heteroatoms. The van der Waals surface area contributed by atoms with E-state index in [1.807, 2.05) is 0 Å². The molecule has 23 heavy (non-hydrogen) atoms. The summed E-state index contributed by atoms with van der Waals surface area (Å²) in [6.45, 7) is 12.0. The second-order valence-electron chi connectivity index (χ2n) is 7.90. The van der Waals surface area contributed by atoms with Gasteiger partial charge in [-0.25, -0.2) is 9.97 Å². The van der Waals surface area contributed by atoms with Gasteiger partial charge in [-0.15, -0.1) is 0 Å². The van der Waals surface area contributed by atoms with Gasteiger partial charge in [-0.05, 0) is 19.3 Å². The fraction of sp³-hybridized carbons (Fsp3) is 0.778. The first-order valence-electron chi connectivity index (χ1n) is 8.95. The molecule has 0 spiro atoms. The van der Waals surface area contributed by atoms with Crippen molar-refractivity contribution >= 4 is 5.82 Å². The Labute approximate surface area is 139 Å². The van der Waals surface area contributed by atoms with Crippen LogP contribution in [0.5, 0.6) is 0 Å². The number of piperazine rings is 1. The molecule has 1 saturated carbocycles. The third-order valence-electron chi connectivity index (χ3n) is 4.73. The summed E-state index contributed by atoms with van der Waals surface area (Å²) >= 11 is 0. The third kappa shape index (κ3) is 4.21. The van der Waals surface area contributed by atoms with Gasteiger partial charge in [-0.2, -0.15) is 0 Å². The molecule has 0 atom stereocenters. The first-order chi connectivity index (χ1) is 11.0. The topological polar surface area (TPSA) is 52.5 Å². The molecule has 3 rings (SSSR count). The molecule has 1 aliphatic carbocycles. The number of anilines is 1. The summed E-state index contributed by atoms with van der Waals surface area (Å²) in [6, 6.07) is 2.22. The Morgan fingerprint density at radius 2 is 1.83 bits per heavy atom. The normalized spacial score (nSPS) is 20.1. The molecule has 0 aromatic carbocycles. The number of hydrogen-bond acceptors (Lipinski definition) is 5. The van der Waals surface area contributed by atoms with Crippen LogP contribution in [0.3, 0.4) is 0 Å². The number of hydrogen-bond donors (Lipinski definition) is 1. The van der Waals surface area contributed by atoms with E-state index in [1.54, 1.807) is 0 Å². The van der Waals surface area contributed by atoms with Gasteiger partial charge in [0, 0.05) is 62.4 Å². The van der Waals surface area contributed by atoms with E-state index in [1.165, 1.54) is 18.5 Å². The number of aromatic nitrogens is 2. The van der Waals surface area contributed by atoms with Gasteiger partial charge in [0.25, 0.3) is 0 Å². The molecule has 1 aromatic rings. The summed E-state index contributed by atoms with van der Waals surface area (Å²) < 4.78 is 0. The minimum Gasteiger partial charge on any atom is -0.396 e. The van der Waals surface area contributed by atoms with Crippen molar-refractivity contribution in [1.29, 1.82) is 0 Å². The molecular weight excluding hydrogens is 288 g/mol. The van der Waals surface area contributed by atoms with Crippen molar-refractivity contribution < 1.29 is 5.11 Å². The molecule has 1 aromatic heterocycles. The Balaban J connectivity index is 1.73. The van der Waals surface area contributed by atoms with Crippen LogP contribution < -0.4 is 4.90 Å². The average molecular weight is 318 g/mol. The van der Waals surface area contributed by atoms with Crippen molar-refractivity contribution in [1.82, 2.24) is 14.9 Å². The highest BCUT2D eigenvalue weighted by molar-refractivity contribution is 5.42. The summed E-state index contributed by atoms with van der Waals surface area (Å²) in [6.07, 6.45) is 3.41. The van der Waals surface area contributed by atoms with Gasteiger partial charge in [0.2, 0.25) is 0 Å². The Hall–Kier alpha value is -1.20. The summed E-state index contributed by atoms with van der Waals surface area (Å²) in [4.78, 5) is 14.6. The maximum Gasteiger partial charge on any atom is 0.136 e. The summed E-state index contributed by atoms with van der Waals surface area (Å²) in [5.41, 5.74) is 1.23. The van der Waals surface area contributed by atoms with Gasteiger partial charge in [0.05, 0.1) is 0 Å². The van der Waals surface area contributed by atoms with Crippen LogP contribution in [0.15, 0.2) is 6.07 Å². The zero-order valence-corrected chi connectivity index (χ0v) is 14.8. The molecular formula is C18H30N4O. The molecule has 2 heterocycles. The molecule has 2 aliphatic rings. The number of aliphatic hydroxyl groups excluding tert-OH is 1. The van der Waals surface area contributed by atoms with Crippen LogP contribution in [-0.2, 0) is 5.41 Å². The lowest BCUT2D eigenvalue weighted by Gasteiger charge is -2.36. The quantitative estimate of drug-likeness (QED) is 0.901. The highest BCUT2D eigenvalue weighted by Crippen LogP contribution is 2.40. The van der Waals surface area contributed by atoms with E-state index in [-0.39, 0.29) is 12.0 Å². The van der Waals surface area contributed by atoms with Crippen molar-refractivity contribution in [2.75, 3.05) is 44.2 Å². The van der Waals surface area contributed by atoms with Crippen molar-refractivity contribution in [3.8, 4) is 0 Å². The Bertz CT molecular complexity index is 528. The van der Waals surface area contributed by atoms with E-state index in [9.17, 15) is 0 Å². The van der Waals surface area contributed by atoms with Crippen LogP contribution in [-0.4, -0.2) is 59.3 Å². The van der Waals surface area contributed by atoms with E-state index in [4.69, 9.17) is 15.1 Å². The fourth-order valence-corrected chi connectivity index (χ4v) is 3.03. The third-order valence-corrected chi connectivity index (χ3v) is 4.73. The van der Waals surface area contributed by atoms with Crippen LogP contribution in [0.25, 0.3) is 0 Å². The molecule has 1 saturated heterocycles. The second kappa shape index (κ2) is 6.73. The van der Waals surface area contributed by atoms with Crippen molar-refractivity contribution in [3.05, 3.63) is 17.6 Å². The van der Waals surface area contributed by atoms with E-state index in [2.05, 4.69) is 36.6 Å². The van der Waals surface area contributed by atoms with Crippen molar-refractivity contribution in [3.63, 3.8) is 0 Å². The second-order valence-corrected chi connectivity index (χ2v) is 7.90. The Morgan fingerprint density at radius 3 is 2.39 bits per heavy atom.